The van der Waals surface area contributed by atoms with Gasteiger partial charge in [0.25, 0.3) is 5.91 Å². The summed E-state index contributed by atoms with van der Waals surface area (Å²) in [6.07, 6.45) is 5.56. The summed E-state index contributed by atoms with van der Waals surface area (Å²) in [6.45, 7) is 4.40. The van der Waals surface area contributed by atoms with Crippen molar-refractivity contribution >= 4 is 23.2 Å². The van der Waals surface area contributed by atoms with Crippen molar-refractivity contribution in [3.05, 3.63) is 46.4 Å². The number of amides is 2. The fraction of sp³-hybridized carbons (Fsp3) is 0.542. The SMILES string of the molecule is Cc1nc(CC(=O)N2CCC([C@H]3CCCCN3C(=O)COc3ccccc3)CC2)cs1. The van der Waals surface area contributed by atoms with Gasteiger partial charge in [0.05, 0.1) is 17.1 Å². The van der Waals surface area contributed by atoms with E-state index in [-0.39, 0.29) is 24.5 Å². The van der Waals surface area contributed by atoms with Gasteiger partial charge in [-0.3, -0.25) is 9.59 Å². The Hall–Kier alpha value is -2.41. The number of carbonyl (C=O) groups is 2. The molecule has 0 N–H and O–H groups in total. The van der Waals surface area contributed by atoms with Crippen LogP contribution in [-0.2, 0) is 16.0 Å². The van der Waals surface area contributed by atoms with Crippen LogP contribution < -0.4 is 4.74 Å². The Kier molecular flexibility index (Phi) is 7.22. The van der Waals surface area contributed by atoms with Gasteiger partial charge in [0.15, 0.2) is 6.61 Å². The Bertz CT molecular complexity index is 877. The van der Waals surface area contributed by atoms with E-state index >= 15 is 0 Å². The molecule has 7 heteroatoms. The Balaban J connectivity index is 1.29. The number of para-hydroxylation sites is 1. The molecular formula is C24H31N3O3S. The lowest BCUT2D eigenvalue weighted by Gasteiger charge is -2.43. The molecule has 0 unspecified atom stereocenters. The van der Waals surface area contributed by atoms with E-state index in [0.717, 1.165) is 68.2 Å². The molecule has 0 saturated carbocycles. The van der Waals surface area contributed by atoms with Crippen molar-refractivity contribution in [3.63, 3.8) is 0 Å². The lowest BCUT2D eigenvalue weighted by Crippen LogP contribution is -2.52. The van der Waals surface area contributed by atoms with Crippen molar-refractivity contribution in [2.45, 2.75) is 51.5 Å². The number of hydrogen-bond donors (Lipinski definition) is 0. The first-order chi connectivity index (χ1) is 15.1. The van der Waals surface area contributed by atoms with Gasteiger partial charge in [-0.1, -0.05) is 18.2 Å². The molecule has 166 valence electrons. The molecule has 2 aliphatic rings. The maximum Gasteiger partial charge on any atom is 0.260 e. The molecular weight excluding hydrogens is 410 g/mol. The van der Waals surface area contributed by atoms with Crippen molar-refractivity contribution in [1.29, 1.82) is 0 Å². The van der Waals surface area contributed by atoms with Gasteiger partial charge < -0.3 is 14.5 Å². The zero-order valence-corrected chi connectivity index (χ0v) is 19.0. The second kappa shape index (κ2) is 10.3. The van der Waals surface area contributed by atoms with E-state index in [4.69, 9.17) is 4.74 Å². The van der Waals surface area contributed by atoms with Crippen molar-refractivity contribution in [1.82, 2.24) is 14.8 Å². The lowest BCUT2D eigenvalue weighted by atomic mass is 9.83. The molecule has 2 amide bonds. The number of benzene rings is 1. The van der Waals surface area contributed by atoms with E-state index in [1.165, 1.54) is 0 Å². The number of aryl methyl sites for hydroxylation is 1. The van der Waals surface area contributed by atoms with Gasteiger partial charge in [-0.15, -0.1) is 11.3 Å². The highest BCUT2D eigenvalue weighted by molar-refractivity contribution is 7.09. The maximum atomic E-state index is 12.9. The van der Waals surface area contributed by atoms with Gasteiger partial charge in [-0.2, -0.15) is 0 Å². The van der Waals surface area contributed by atoms with Crippen LogP contribution in [0.25, 0.3) is 0 Å². The first-order valence-corrected chi connectivity index (χ1v) is 12.1. The number of nitrogens with zero attached hydrogens (tertiary/aromatic N) is 3. The topological polar surface area (TPSA) is 62.7 Å². The van der Waals surface area contributed by atoms with Crippen LogP contribution in [0.15, 0.2) is 35.7 Å². The molecule has 2 aliphatic heterocycles. The average Bonchev–Trinajstić information content (AvgIpc) is 3.22. The second-order valence-corrected chi connectivity index (χ2v) is 9.57. The Labute approximate surface area is 188 Å². The highest BCUT2D eigenvalue weighted by Gasteiger charge is 2.35. The Morgan fingerprint density at radius 3 is 2.55 bits per heavy atom. The summed E-state index contributed by atoms with van der Waals surface area (Å²) < 4.78 is 5.71. The fourth-order valence-electron chi connectivity index (χ4n) is 4.79. The zero-order chi connectivity index (χ0) is 21.6. The summed E-state index contributed by atoms with van der Waals surface area (Å²) in [5.41, 5.74) is 0.872. The maximum absolute atomic E-state index is 12.9. The van der Waals surface area contributed by atoms with E-state index in [2.05, 4.69) is 4.98 Å². The summed E-state index contributed by atoms with van der Waals surface area (Å²) in [7, 11) is 0. The average molecular weight is 442 g/mol. The van der Waals surface area contributed by atoms with Crippen molar-refractivity contribution in [3.8, 4) is 5.75 Å². The summed E-state index contributed by atoms with van der Waals surface area (Å²) in [5, 5.41) is 2.98. The van der Waals surface area contributed by atoms with Crippen molar-refractivity contribution in [2.75, 3.05) is 26.2 Å². The Morgan fingerprint density at radius 2 is 1.84 bits per heavy atom. The van der Waals surface area contributed by atoms with Crippen LogP contribution in [-0.4, -0.2) is 58.9 Å². The second-order valence-electron chi connectivity index (χ2n) is 8.50. The third-order valence-corrected chi connectivity index (χ3v) is 7.23. The number of thiazole rings is 1. The van der Waals surface area contributed by atoms with Gasteiger partial charge in [0.1, 0.15) is 5.75 Å². The van der Waals surface area contributed by atoms with Gasteiger partial charge in [-0.05, 0) is 57.1 Å². The van der Waals surface area contributed by atoms with Crippen molar-refractivity contribution in [2.24, 2.45) is 5.92 Å². The van der Waals surface area contributed by atoms with E-state index in [9.17, 15) is 9.59 Å². The Morgan fingerprint density at radius 1 is 1.06 bits per heavy atom. The van der Waals surface area contributed by atoms with Gasteiger partial charge >= 0.3 is 0 Å². The molecule has 3 heterocycles. The van der Waals surface area contributed by atoms with Crippen molar-refractivity contribution < 1.29 is 14.3 Å². The van der Waals surface area contributed by atoms with Gasteiger partial charge in [-0.25, -0.2) is 4.98 Å². The lowest BCUT2D eigenvalue weighted by molar-refractivity contribution is -0.140. The highest BCUT2D eigenvalue weighted by Crippen LogP contribution is 2.31. The molecule has 2 fully saturated rings. The third-order valence-electron chi connectivity index (χ3n) is 6.41. The molecule has 31 heavy (non-hydrogen) atoms. The zero-order valence-electron chi connectivity index (χ0n) is 18.2. The molecule has 0 spiro atoms. The number of piperidine rings is 2. The molecule has 0 radical (unpaired) electrons. The number of aromatic nitrogens is 1. The monoisotopic (exact) mass is 441 g/mol. The van der Waals surface area contributed by atoms with Crippen LogP contribution >= 0.6 is 11.3 Å². The quantitative estimate of drug-likeness (QED) is 0.686. The number of hydrogen-bond acceptors (Lipinski definition) is 5. The standard InChI is InChI=1S/C24H31N3O3S/c1-18-25-20(17-31-18)15-23(28)26-13-10-19(11-14-26)22-9-5-6-12-27(22)24(29)16-30-21-7-3-2-4-8-21/h2-4,7-8,17,19,22H,5-6,9-16H2,1H3/t22-/m1/s1. The van der Waals surface area contributed by atoms with Crippen LogP contribution in [0.5, 0.6) is 5.75 Å². The summed E-state index contributed by atoms with van der Waals surface area (Å²) in [4.78, 5) is 34.0. The molecule has 4 rings (SSSR count). The molecule has 1 aromatic carbocycles. The van der Waals surface area contributed by atoms with Crippen LogP contribution in [0.3, 0.4) is 0 Å². The number of rotatable bonds is 6. The predicted octanol–water partition coefficient (Wildman–Crippen LogP) is 3.69. The molecule has 1 aromatic heterocycles. The molecule has 2 saturated heterocycles. The number of ether oxygens (including phenoxy) is 1. The molecule has 0 aliphatic carbocycles. The minimum Gasteiger partial charge on any atom is -0.484 e. The van der Waals surface area contributed by atoms with E-state index in [0.29, 0.717) is 12.3 Å². The molecule has 0 bridgehead atoms. The van der Waals surface area contributed by atoms with E-state index in [1.807, 2.05) is 52.4 Å². The molecule has 6 nitrogen and oxygen atoms in total. The highest BCUT2D eigenvalue weighted by atomic mass is 32.1. The van der Waals surface area contributed by atoms with Gasteiger partial charge in [0, 0.05) is 31.1 Å². The van der Waals surface area contributed by atoms with E-state index in [1.54, 1.807) is 11.3 Å². The van der Waals surface area contributed by atoms with E-state index < -0.39 is 0 Å². The van der Waals surface area contributed by atoms with Crippen LogP contribution in [0.2, 0.25) is 0 Å². The predicted molar refractivity (Wildman–Crippen MR) is 121 cm³/mol. The van der Waals surface area contributed by atoms with Crippen LogP contribution in [0.1, 0.15) is 42.8 Å². The minimum absolute atomic E-state index is 0.0750. The minimum atomic E-state index is 0.0750. The summed E-state index contributed by atoms with van der Waals surface area (Å²) >= 11 is 1.59. The molecule has 1 atom stereocenters. The summed E-state index contributed by atoms with van der Waals surface area (Å²) in [5.74, 6) is 1.42. The first kappa shape index (κ1) is 21.8. The van der Waals surface area contributed by atoms with Gasteiger partial charge in [0.2, 0.25) is 5.91 Å². The van der Waals surface area contributed by atoms with Crippen LogP contribution in [0, 0.1) is 12.8 Å². The first-order valence-electron chi connectivity index (χ1n) is 11.3. The fourth-order valence-corrected chi connectivity index (χ4v) is 5.40. The number of likely N-dealkylation sites (tertiary alicyclic amines) is 2. The van der Waals surface area contributed by atoms with Crippen LogP contribution in [0.4, 0.5) is 0 Å². The third kappa shape index (κ3) is 5.64. The summed E-state index contributed by atoms with van der Waals surface area (Å²) in [6, 6.07) is 9.77. The smallest absolute Gasteiger partial charge is 0.260 e. The molecule has 2 aromatic rings. The normalized spacial score (nSPS) is 20.0. The largest absolute Gasteiger partial charge is 0.484 e. The number of carbonyl (C=O) groups excluding carboxylic acids is 2.